The molecule has 0 radical (unpaired) electrons. The normalized spacial score (nSPS) is 16.6. The van der Waals surface area contributed by atoms with Crippen LogP contribution in [-0.2, 0) is 4.79 Å². The number of amides is 1. The van der Waals surface area contributed by atoms with Crippen LogP contribution in [-0.4, -0.2) is 55.3 Å². The smallest absolute Gasteiger partial charge is 0.288 e. The number of rotatable bonds is 2. The zero-order valence-corrected chi connectivity index (χ0v) is 10.4. The molecule has 0 spiro atoms. The lowest BCUT2D eigenvalue weighted by molar-refractivity contribution is -0.124. The van der Waals surface area contributed by atoms with Crippen molar-refractivity contribution in [3.8, 4) is 0 Å². The molecule has 1 rings (SSSR count). The molecule has 0 atom stereocenters. The van der Waals surface area contributed by atoms with Gasteiger partial charge in [-0.15, -0.1) is 0 Å². The quantitative estimate of drug-likeness (QED) is 0.678. The van der Waals surface area contributed by atoms with Crippen LogP contribution in [0.3, 0.4) is 0 Å². The molecule has 1 aliphatic rings. The maximum absolute atomic E-state index is 12.0. The van der Waals surface area contributed by atoms with Gasteiger partial charge in [0.1, 0.15) is 0 Å². The van der Waals surface area contributed by atoms with Gasteiger partial charge in [0.2, 0.25) is 0 Å². The molecule has 15 heavy (non-hydrogen) atoms. The Morgan fingerprint density at radius 2 is 2.13 bits per heavy atom. The molecule has 0 aromatic carbocycles. The van der Waals surface area contributed by atoms with E-state index in [0.29, 0.717) is 5.84 Å². The molecule has 0 unspecified atom stereocenters. The highest BCUT2D eigenvalue weighted by atomic mass is 16.2. The Morgan fingerprint density at radius 1 is 1.53 bits per heavy atom. The number of likely N-dealkylation sites (N-methyl/N-ethyl adjacent to an activating group) is 2. The fourth-order valence-corrected chi connectivity index (χ4v) is 1.72. The van der Waals surface area contributed by atoms with E-state index in [2.05, 4.69) is 25.8 Å². The second-order valence-electron chi connectivity index (χ2n) is 5.35. The van der Waals surface area contributed by atoms with Crippen molar-refractivity contribution < 1.29 is 4.79 Å². The number of hydrogen-bond donors (Lipinski definition) is 0. The topological polar surface area (TPSA) is 35.9 Å². The van der Waals surface area contributed by atoms with Crippen molar-refractivity contribution in [2.75, 3.05) is 33.7 Å². The largest absolute Gasteiger partial charge is 0.354 e. The van der Waals surface area contributed by atoms with Crippen molar-refractivity contribution in [2.24, 2.45) is 10.4 Å². The number of nitrogens with zero attached hydrogens (tertiary/aromatic N) is 3. The Balaban J connectivity index is 2.61. The van der Waals surface area contributed by atoms with Crippen LogP contribution >= 0.6 is 0 Å². The van der Waals surface area contributed by atoms with E-state index in [0.717, 1.165) is 19.6 Å². The summed E-state index contributed by atoms with van der Waals surface area (Å²) in [7, 11) is 3.75. The van der Waals surface area contributed by atoms with E-state index in [9.17, 15) is 4.79 Å². The molecule has 1 amide bonds. The van der Waals surface area contributed by atoms with Crippen molar-refractivity contribution in [1.82, 2.24) is 9.80 Å². The third-order valence-corrected chi connectivity index (χ3v) is 2.31. The molecule has 4 nitrogen and oxygen atoms in total. The maximum atomic E-state index is 12.0. The fraction of sp³-hybridized carbons (Fsp3) is 0.818. The van der Waals surface area contributed by atoms with Crippen LogP contribution in [0.25, 0.3) is 0 Å². The average Bonchev–Trinajstić information content (AvgIpc) is 2.47. The van der Waals surface area contributed by atoms with Gasteiger partial charge in [0.15, 0.2) is 5.84 Å². The van der Waals surface area contributed by atoms with E-state index in [1.807, 2.05) is 19.0 Å². The van der Waals surface area contributed by atoms with Gasteiger partial charge in [0.05, 0.1) is 6.54 Å². The molecule has 0 aromatic rings. The molecule has 86 valence electrons. The Hall–Kier alpha value is -1.06. The molecule has 4 heteroatoms. The second-order valence-corrected chi connectivity index (χ2v) is 5.35. The third-order valence-electron chi connectivity index (χ3n) is 2.31. The number of aliphatic imine (C=N–C) groups is 1. The summed E-state index contributed by atoms with van der Waals surface area (Å²) in [5.41, 5.74) is 0.127. The highest BCUT2D eigenvalue weighted by Gasteiger charge is 2.25. The van der Waals surface area contributed by atoms with Gasteiger partial charge in [-0.3, -0.25) is 9.79 Å². The van der Waals surface area contributed by atoms with Gasteiger partial charge >= 0.3 is 0 Å². The molecule has 1 heterocycles. The molecule has 0 fully saturated rings. The van der Waals surface area contributed by atoms with Gasteiger partial charge in [-0.25, -0.2) is 0 Å². The van der Waals surface area contributed by atoms with Crippen molar-refractivity contribution in [2.45, 2.75) is 20.8 Å². The van der Waals surface area contributed by atoms with Crippen LogP contribution in [0, 0.1) is 5.41 Å². The number of carbonyl (C=O) groups excluding carboxylic acids is 1. The van der Waals surface area contributed by atoms with Crippen LogP contribution in [0.4, 0.5) is 0 Å². The fourth-order valence-electron chi connectivity index (χ4n) is 1.72. The molecule has 0 N–H and O–H groups in total. The van der Waals surface area contributed by atoms with Gasteiger partial charge in [0.25, 0.3) is 5.91 Å². The molecule has 0 aromatic heterocycles. The van der Waals surface area contributed by atoms with Crippen LogP contribution in [0.1, 0.15) is 20.8 Å². The first-order chi connectivity index (χ1) is 6.81. The van der Waals surface area contributed by atoms with E-state index >= 15 is 0 Å². The standard InChI is InChI=1S/C11H21N3O/c1-11(2,3)8-14(5)10(15)9-12-6-7-13(9)4/h6-8H2,1-5H3. The zero-order chi connectivity index (χ0) is 11.6. The van der Waals surface area contributed by atoms with Gasteiger partial charge < -0.3 is 9.80 Å². The lowest BCUT2D eigenvalue weighted by Gasteiger charge is -2.27. The van der Waals surface area contributed by atoms with Crippen LogP contribution in [0.5, 0.6) is 0 Å². The zero-order valence-electron chi connectivity index (χ0n) is 10.4. The van der Waals surface area contributed by atoms with Crippen molar-refractivity contribution in [3.05, 3.63) is 0 Å². The number of amidine groups is 1. The molecule has 0 saturated carbocycles. The monoisotopic (exact) mass is 211 g/mol. The summed E-state index contributed by atoms with van der Waals surface area (Å²) >= 11 is 0. The first-order valence-corrected chi connectivity index (χ1v) is 5.32. The molecular formula is C11H21N3O. The van der Waals surface area contributed by atoms with Crippen molar-refractivity contribution in [3.63, 3.8) is 0 Å². The molecule has 0 aliphatic carbocycles. The predicted octanol–water partition coefficient (Wildman–Crippen LogP) is 0.835. The van der Waals surface area contributed by atoms with E-state index in [-0.39, 0.29) is 11.3 Å². The molecule has 0 saturated heterocycles. The summed E-state index contributed by atoms with van der Waals surface area (Å²) in [6, 6.07) is 0. The minimum absolute atomic E-state index is 0.0323. The summed E-state index contributed by atoms with van der Waals surface area (Å²) in [6.07, 6.45) is 0. The Bertz CT molecular complexity index is 278. The summed E-state index contributed by atoms with van der Waals surface area (Å²) in [5, 5.41) is 0. The van der Waals surface area contributed by atoms with Crippen molar-refractivity contribution >= 4 is 11.7 Å². The lowest BCUT2D eigenvalue weighted by Crippen LogP contribution is -2.43. The predicted molar refractivity (Wildman–Crippen MR) is 62.0 cm³/mol. The molecule has 1 aliphatic heterocycles. The van der Waals surface area contributed by atoms with Crippen LogP contribution in [0.15, 0.2) is 4.99 Å². The maximum Gasteiger partial charge on any atom is 0.288 e. The second kappa shape index (κ2) is 4.21. The van der Waals surface area contributed by atoms with Gasteiger partial charge in [-0.1, -0.05) is 20.8 Å². The summed E-state index contributed by atoms with van der Waals surface area (Å²) in [6.45, 7) is 8.70. The first kappa shape index (κ1) is 12.0. The Labute approximate surface area is 92.0 Å². The minimum atomic E-state index is 0.0323. The van der Waals surface area contributed by atoms with Crippen LogP contribution < -0.4 is 0 Å². The van der Waals surface area contributed by atoms with E-state index in [4.69, 9.17) is 0 Å². The highest BCUT2D eigenvalue weighted by molar-refractivity contribution is 6.37. The minimum Gasteiger partial charge on any atom is -0.354 e. The van der Waals surface area contributed by atoms with E-state index < -0.39 is 0 Å². The summed E-state index contributed by atoms with van der Waals surface area (Å²) in [4.78, 5) is 19.9. The Morgan fingerprint density at radius 3 is 2.53 bits per heavy atom. The number of hydrogen-bond acceptors (Lipinski definition) is 3. The van der Waals surface area contributed by atoms with Crippen LogP contribution in [0.2, 0.25) is 0 Å². The molecule has 0 bridgehead atoms. The SMILES string of the molecule is CN(CC(C)(C)C)C(=O)C1=NCCN1C. The Kier molecular flexibility index (Phi) is 3.37. The lowest BCUT2D eigenvalue weighted by atomic mass is 9.96. The third kappa shape index (κ3) is 3.22. The first-order valence-electron chi connectivity index (χ1n) is 5.32. The van der Waals surface area contributed by atoms with E-state index in [1.54, 1.807) is 4.90 Å². The van der Waals surface area contributed by atoms with Gasteiger partial charge in [-0.2, -0.15) is 0 Å². The molecular weight excluding hydrogens is 190 g/mol. The highest BCUT2D eigenvalue weighted by Crippen LogP contribution is 2.15. The van der Waals surface area contributed by atoms with Crippen molar-refractivity contribution in [1.29, 1.82) is 0 Å². The van der Waals surface area contributed by atoms with Gasteiger partial charge in [-0.05, 0) is 5.41 Å². The van der Waals surface area contributed by atoms with Gasteiger partial charge in [0, 0.05) is 27.2 Å². The summed E-state index contributed by atoms with van der Waals surface area (Å²) < 4.78 is 0. The average molecular weight is 211 g/mol. The van der Waals surface area contributed by atoms with E-state index in [1.165, 1.54) is 0 Å². The number of carbonyl (C=O) groups is 1. The summed E-state index contributed by atoms with van der Waals surface area (Å²) in [5.74, 6) is 0.631.